The summed E-state index contributed by atoms with van der Waals surface area (Å²) in [7, 11) is 0. The molecule has 2 N–H and O–H groups in total. The quantitative estimate of drug-likeness (QED) is 0.678. The molecule has 7 nitrogen and oxygen atoms in total. The molecule has 2 fully saturated rings. The zero-order valence-electron chi connectivity index (χ0n) is 17.7. The second kappa shape index (κ2) is 8.37. The van der Waals surface area contributed by atoms with E-state index in [1.54, 1.807) is 16.7 Å². The van der Waals surface area contributed by atoms with Crippen LogP contribution in [0.5, 0.6) is 0 Å². The van der Waals surface area contributed by atoms with E-state index in [1.807, 2.05) is 18.2 Å². The number of amides is 1. The van der Waals surface area contributed by atoms with Crippen LogP contribution < -0.4 is 16.1 Å². The Morgan fingerprint density at radius 2 is 1.75 bits per heavy atom. The normalized spacial score (nSPS) is 19.5. The van der Waals surface area contributed by atoms with E-state index in [9.17, 15) is 14.0 Å². The van der Waals surface area contributed by atoms with Crippen molar-refractivity contribution in [2.45, 2.75) is 12.5 Å². The number of carbonyl (C=O) groups excluding carboxylic acids is 1. The van der Waals surface area contributed by atoms with Gasteiger partial charge in [0.25, 0.3) is 5.91 Å². The molecule has 2 aliphatic rings. The Bertz CT molecular complexity index is 1220. The number of ether oxygens (including phenoxy) is 1. The van der Waals surface area contributed by atoms with E-state index in [0.717, 1.165) is 51.5 Å². The molecule has 0 spiro atoms. The second-order valence-corrected chi connectivity index (χ2v) is 8.32. The highest BCUT2D eigenvalue weighted by atomic mass is 19.1. The minimum Gasteiger partial charge on any atom is -0.379 e. The molecule has 1 atom stereocenters. The predicted octanol–water partition coefficient (Wildman–Crippen LogP) is 2.14. The third kappa shape index (κ3) is 3.76. The molecule has 5 rings (SSSR count). The van der Waals surface area contributed by atoms with Gasteiger partial charge in [-0.15, -0.1) is 0 Å². The number of fused-ring (bicyclic) bond motifs is 1. The number of nitrogens with two attached hydrogens (primary N) is 1. The van der Waals surface area contributed by atoms with E-state index < -0.39 is 11.3 Å². The first-order valence-corrected chi connectivity index (χ1v) is 10.8. The van der Waals surface area contributed by atoms with Crippen molar-refractivity contribution in [2.75, 3.05) is 44.3 Å². The van der Waals surface area contributed by atoms with Crippen molar-refractivity contribution in [3.63, 3.8) is 0 Å². The zero-order valence-corrected chi connectivity index (χ0v) is 17.7. The molecule has 0 bridgehead atoms. The largest absolute Gasteiger partial charge is 0.379 e. The molecule has 3 aromatic rings. The van der Waals surface area contributed by atoms with Gasteiger partial charge in [-0.05, 0) is 48.9 Å². The number of hydrogen-bond donors (Lipinski definition) is 1. The lowest BCUT2D eigenvalue weighted by molar-refractivity contribution is 0.0209. The van der Waals surface area contributed by atoms with Crippen LogP contribution in [0, 0.1) is 5.82 Å². The van der Waals surface area contributed by atoms with Crippen LogP contribution in [0.15, 0.2) is 53.5 Å². The summed E-state index contributed by atoms with van der Waals surface area (Å²) in [4.78, 5) is 29.8. The summed E-state index contributed by atoms with van der Waals surface area (Å²) in [5, 5.41) is 0.415. The fourth-order valence-electron chi connectivity index (χ4n) is 4.72. The van der Waals surface area contributed by atoms with Crippen LogP contribution in [0.3, 0.4) is 0 Å². The lowest BCUT2D eigenvalue weighted by Gasteiger charge is -2.32. The van der Waals surface area contributed by atoms with E-state index in [4.69, 9.17) is 10.5 Å². The molecular weight excluding hydrogens is 411 g/mol. The number of anilines is 1. The zero-order chi connectivity index (χ0) is 22.2. The van der Waals surface area contributed by atoms with Crippen LogP contribution in [0.1, 0.15) is 16.8 Å². The predicted molar refractivity (Wildman–Crippen MR) is 121 cm³/mol. The molecule has 2 saturated heterocycles. The van der Waals surface area contributed by atoms with Crippen LogP contribution in [-0.2, 0) is 4.74 Å². The van der Waals surface area contributed by atoms with Gasteiger partial charge in [0, 0.05) is 55.2 Å². The smallest absolute Gasteiger partial charge is 0.254 e. The molecule has 32 heavy (non-hydrogen) atoms. The number of pyridine rings is 1. The summed E-state index contributed by atoms with van der Waals surface area (Å²) >= 11 is 0. The highest BCUT2D eigenvalue weighted by molar-refractivity contribution is 5.97. The molecular formula is C24H25FN4O3. The molecule has 2 aromatic carbocycles. The van der Waals surface area contributed by atoms with E-state index in [-0.39, 0.29) is 11.4 Å². The van der Waals surface area contributed by atoms with E-state index in [0.29, 0.717) is 22.6 Å². The number of halogens is 1. The summed E-state index contributed by atoms with van der Waals surface area (Å²) < 4.78 is 20.6. The maximum atomic E-state index is 13.4. The monoisotopic (exact) mass is 436 g/mol. The van der Waals surface area contributed by atoms with Crippen molar-refractivity contribution < 1.29 is 13.9 Å². The number of morpholine rings is 1. The molecule has 8 heteroatoms. The van der Waals surface area contributed by atoms with E-state index >= 15 is 0 Å². The number of carbonyl (C=O) groups is 1. The second-order valence-electron chi connectivity index (χ2n) is 8.32. The first kappa shape index (κ1) is 20.7. The van der Waals surface area contributed by atoms with Crippen molar-refractivity contribution in [1.29, 1.82) is 0 Å². The fourth-order valence-corrected chi connectivity index (χ4v) is 4.72. The molecule has 2 aliphatic heterocycles. The fraction of sp³-hybridized carbons (Fsp3) is 0.333. The third-order valence-electron chi connectivity index (χ3n) is 6.45. The van der Waals surface area contributed by atoms with Gasteiger partial charge in [0.15, 0.2) is 0 Å². The average Bonchev–Trinajstić information content (AvgIpc) is 3.31. The summed E-state index contributed by atoms with van der Waals surface area (Å²) in [6.07, 6.45) is 2.49. The topological polar surface area (TPSA) is 80.8 Å². The van der Waals surface area contributed by atoms with Gasteiger partial charge in [-0.2, -0.15) is 0 Å². The summed E-state index contributed by atoms with van der Waals surface area (Å²) in [6.45, 7) is 5.21. The average molecular weight is 436 g/mol. The molecule has 1 aromatic heterocycles. The molecule has 0 aliphatic carbocycles. The molecule has 1 amide bonds. The number of hydrogen-bond acceptors (Lipinski definition) is 5. The Labute approximate surface area is 184 Å². The number of primary amides is 1. The molecule has 3 heterocycles. The number of nitrogens with zero attached hydrogens (tertiary/aromatic N) is 3. The van der Waals surface area contributed by atoms with Crippen LogP contribution in [0.25, 0.3) is 16.6 Å². The number of rotatable bonds is 4. The van der Waals surface area contributed by atoms with Gasteiger partial charge in [0.1, 0.15) is 11.4 Å². The van der Waals surface area contributed by atoms with E-state index in [1.165, 1.54) is 18.3 Å². The minimum atomic E-state index is -0.785. The van der Waals surface area contributed by atoms with Gasteiger partial charge in [0.05, 0.1) is 18.7 Å². The van der Waals surface area contributed by atoms with Crippen molar-refractivity contribution in [3.8, 4) is 5.69 Å². The van der Waals surface area contributed by atoms with Gasteiger partial charge in [-0.1, -0.05) is 0 Å². The lowest BCUT2D eigenvalue weighted by Crippen LogP contribution is -2.44. The molecule has 1 unspecified atom stereocenters. The highest BCUT2D eigenvalue weighted by Crippen LogP contribution is 2.27. The molecule has 0 saturated carbocycles. The van der Waals surface area contributed by atoms with Crippen molar-refractivity contribution in [2.24, 2.45) is 5.73 Å². The van der Waals surface area contributed by atoms with Crippen LogP contribution >= 0.6 is 0 Å². The van der Waals surface area contributed by atoms with Crippen molar-refractivity contribution >= 4 is 22.5 Å². The Morgan fingerprint density at radius 1 is 1.03 bits per heavy atom. The Kier molecular flexibility index (Phi) is 5.40. The summed E-state index contributed by atoms with van der Waals surface area (Å²) in [6, 6.07) is 12.1. The first-order valence-electron chi connectivity index (χ1n) is 10.8. The van der Waals surface area contributed by atoms with Gasteiger partial charge in [-0.3, -0.25) is 14.5 Å². The number of aromatic nitrogens is 1. The Balaban J connectivity index is 1.54. The molecule has 0 radical (unpaired) electrons. The standard InChI is InChI=1S/C24H25FN4O3/c25-16-1-3-17(4-2-16)29-15-21(24(26)31)23(30)20-13-18(5-6-22(20)29)28-8-7-19(14-28)27-9-11-32-12-10-27/h1-6,13,15,19H,7-12,14H2,(H2,26,31). The van der Waals surface area contributed by atoms with Crippen LogP contribution in [0.4, 0.5) is 10.1 Å². The van der Waals surface area contributed by atoms with Gasteiger partial charge < -0.3 is 19.9 Å². The van der Waals surface area contributed by atoms with Gasteiger partial charge >= 0.3 is 0 Å². The van der Waals surface area contributed by atoms with E-state index in [2.05, 4.69) is 9.80 Å². The maximum absolute atomic E-state index is 13.4. The Morgan fingerprint density at radius 3 is 2.47 bits per heavy atom. The van der Waals surface area contributed by atoms with Crippen LogP contribution in [0.2, 0.25) is 0 Å². The maximum Gasteiger partial charge on any atom is 0.254 e. The van der Waals surface area contributed by atoms with Crippen molar-refractivity contribution in [1.82, 2.24) is 9.47 Å². The number of benzene rings is 2. The van der Waals surface area contributed by atoms with Gasteiger partial charge in [-0.25, -0.2) is 4.39 Å². The minimum absolute atomic E-state index is 0.0911. The molecule has 166 valence electrons. The summed E-state index contributed by atoms with van der Waals surface area (Å²) in [5.41, 5.74) is 7.24. The highest BCUT2D eigenvalue weighted by Gasteiger charge is 2.29. The Hall–Kier alpha value is -3.23. The third-order valence-corrected chi connectivity index (χ3v) is 6.45. The SMILES string of the molecule is NC(=O)c1cn(-c2ccc(F)cc2)c2ccc(N3CCC(N4CCOCC4)C3)cc2c1=O. The van der Waals surface area contributed by atoms with Gasteiger partial charge in [0.2, 0.25) is 5.43 Å². The van der Waals surface area contributed by atoms with Crippen LogP contribution in [-0.4, -0.2) is 60.8 Å². The lowest BCUT2D eigenvalue weighted by atomic mass is 10.1. The first-order chi connectivity index (χ1) is 15.5. The summed E-state index contributed by atoms with van der Waals surface area (Å²) in [5.74, 6) is -1.15. The van der Waals surface area contributed by atoms with Crippen molar-refractivity contribution in [3.05, 3.63) is 70.3 Å².